The quantitative estimate of drug-likeness (QED) is 0.854. The van der Waals surface area contributed by atoms with E-state index in [-0.39, 0.29) is 17.8 Å². The lowest BCUT2D eigenvalue weighted by Crippen LogP contribution is -2.35. The van der Waals surface area contributed by atoms with Crippen LogP contribution in [0.25, 0.3) is 0 Å². The van der Waals surface area contributed by atoms with Crippen molar-refractivity contribution in [2.75, 3.05) is 38.2 Å². The molecule has 0 aliphatic carbocycles. The van der Waals surface area contributed by atoms with Gasteiger partial charge in [0.25, 0.3) is 5.91 Å². The fraction of sp³-hybridized carbons (Fsp3) is 0.500. The Labute approximate surface area is 171 Å². The highest BCUT2D eigenvalue weighted by Gasteiger charge is 2.27. The first-order valence-corrected chi connectivity index (χ1v) is 10.3. The van der Waals surface area contributed by atoms with Crippen molar-refractivity contribution in [1.29, 1.82) is 0 Å². The number of aromatic nitrogens is 2. The number of carbonyl (C=O) groups is 1. The molecule has 0 unspecified atom stereocenters. The summed E-state index contributed by atoms with van der Waals surface area (Å²) in [6, 6.07) is 6.26. The minimum atomic E-state index is -0.107. The average Bonchev–Trinajstić information content (AvgIpc) is 3.03. The van der Waals surface area contributed by atoms with Crippen molar-refractivity contribution in [2.24, 2.45) is 5.73 Å². The molecule has 2 aromatic rings. The summed E-state index contributed by atoms with van der Waals surface area (Å²) in [6.07, 6.45) is 2.51. The number of hydrogen-bond donors (Lipinski definition) is 1. The number of aryl methyl sites for hydroxylation is 1. The Bertz CT molecular complexity index is 930. The Kier molecular flexibility index (Phi) is 5.41. The van der Waals surface area contributed by atoms with Gasteiger partial charge in [0.1, 0.15) is 11.6 Å². The summed E-state index contributed by atoms with van der Waals surface area (Å²) in [7, 11) is 1.69. The van der Waals surface area contributed by atoms with Gasteiger partial charge in [-0.05, 0) is 50.3 Å². The molecule has 2 aliphatic rings. The number of rotatable bonds is 3. The van der Waals surface area contributed by atoms with Crippen molar-refractivity contribution in [3.05, 3.63) is 46.4 Å². The number of nitrogens with zero attached hydrogens (tertiary/aromatic N) is 4. The van der Waals surface area contributed by atoms with Crippen molar-refractivity contribution in [3.8, 4) is 5.75 Å². The van der Waals surface area contributed by atoms with E-state index in [1.165, 1.54) is 11.1 Å². The Morgan fingerprint density at radius 3 is 2.69 bits per heavy atom. The van der Waals surface area contributed by atoms with Crippen LogP contribution in [-0.4, -0.2) is 60.1 Å². The first kappa shape index (κ1) is 19.6. The summed E-state index contributed by atoms with van der Waals surface area (Å²) < 4.78 is 5.51. The van der Waals surface area contributed by atoms with Crippen molar-refractivity contribution in [1.82, 2.24) is 14.9 Å². The van der Waals surface area contributed by atoms with Crippen LogP contribution in [0, 0.1) is 13.8 Å². The van der Waals surface area contributed by atoms with E-state index < -0.39 is 0 Å². The summed E-state index contributed by atoms with van der Waals surface area (Å²) in [4.78, 5) is 26.5. The number of methoxy groups -OCH3 is 1. The van der Waals surface area contributed by atoms with Gasteiger partial charge in [0.05, 0.1) is 7.11 Å². The molecule has 2 aliphatic heterocycles. The first-order chi connectivity index (χ1) is 14.0. The van der Waals surface area contributed by atoms with Crippen LogP contribution in [0.15, 0.2) is 18.2 Å². The van der Waals surface area contributed by atoms with Crippen LogP contribution in [0.4, 0.5) is 5.82 Å². The fourth-order valence-corrected chi connectivity index (χ4v) is 4.28. The molecule has 1 amide bonds. The summed E-state index contributed by atoms with van der Waals surface area (Å²) in [5.41, 5.74) is 10.4. The van der Waals surface area contributed by atoms with Gasteiger partial charge in [-0.1, -0.05) is 12.1 Å². The zero-order chi connectivity index (χ0) is 20.5. The Hall–Kier alpha value is -2.67. The van der Waals surface area contributed by atoms with Crippen molar-refractivity contribution in [3.63, 3.8) is 0 Å². The third kappa shape index (κ3) is 3.79. The van der Waals surface area contributed by atoms with E-state index in [1.807, 2.05) is 30.9 Å². The average molecular weight is 396 g/mol. The van der Waals surface area contributed by atoms with E-state index in [9.17, 15) is 4.79 Å². The number of ether oxygens (including phenoxy) is 1. The van der Waals surface area contributed by atoms with E-state index in [2.05, 4.69) is 20.9 Å². The van der Waals surface area contributed by atoms with Gasteiger partial charge in [0, 0.05) is 43.5 Å². The standard InChI is InChI=1S/C22H29N5O2/c1-14-15(2)24-20(25-21(14)27-11-8-17(23)13-27)22(28)26-10-7-16-5-4-6-19(29-3)18(16)9-12-26/h4-6,17H,7-13,23H2,1-3H3/t17-/m1/s1. The maximum Gasteiger partial charge on any atom is 0.291 e. The number of nitrogens with two attached hydrogens (primary N) is 1. The maximum absolute atomic E-state index is 13.3. The molecular weight excluding hydrogens is 366 g/mol. The monoisotopic (exact) mass is 395 g/mol. The molecule has 0 bridgehead atoms. The second-order valence-corrected chi connectivity index (χ2v) is 7.97. The van der Waals surface area contributed by atoms with E-state index in [4.69, 9.17) is 10.5 Å². The molecule has 0 spiro atoms. The van der Waals surface area contributed by atoms with Gasteiger partial charge in [0.2, 0.25) is 5.82 Å². The van der Waals surface area contributed by atoms with Crippen LogP contribution < -0.4 is 15.4 Å². The Morgan fingerprint density at radius 1 is 1.17 bits per heavy atom. The molecule has 154 valence electrons. The summed E-state index contributed by atoms with van der Waals surface area (Å²) in [5.74, 6) is 1.91. The molecule has 2 N–H and O–H groups in total. The van der Waals surface area contributed by atoms with Crippen molar-refractivity contribution >= 4 is 11.7 Å². The van der Waals surface area contributed by atoms with Crippen LogP contribution >= 0.6 is 0 Å². The van der Waals surface area contributed by atoms with E-state index in [0.717, 1.165) is 55.2 Å². The van der Waals surface area contributed by atoms with Crippen LogP contribution in [0.1, 0.15) is 39.4 Å². The van der Waals surface area contributed by atoms with Gasteiger partial charge in [-0.25, -0.2) is 9.97 Å². The van der Waals surface area contributed by atoms with Crippen LogP contribution in [0.5, 0.6) is 5.75 Å². The lowest BCUT2D eigenvalue weighted by Gasteiger charge is -2.23. The fourth-order valence-electron chi connectivity index (χ4n) is 4.28. The minimum Gasteiger partial charge on any atom is -0.496 e. The Morgan fingerprint density at radius 2 is 1.97 bits per heavy atom. The predicted octanol–water partition coefficient (Wildman–Crippen LogP) is 1.88. The van der Waals surface area contributed by atoms with Gasteiger partial charge in [-0.2, -0.15) is 0 Å². The zero-order valence-electron chi connectivity index (χ0n) is 17.4. The normalized spacial score (nSPS) is 19.1. The molecule has 3 heterocycles. The van der Waals surface area contributed by atoms with E-state index in [1.54, 1.807) is 7.11 Å². The van der Waals surface area contributed by atoms with Crippen LogP contribution in [0.3, 0.4) is 0 Å². The molecule has 7 nitrogen and oxygen atoms in total. The molecule has 1 aromatic heterocycles. The SMILES string of the molecule is COc1cccc2c1CCN(C(=O)c1nc(C)c(C)c(N3CC[C@@H](N)C3)n1)CC2. The van der Waals surface area contributed by atoms with Gasteiger partial charge < -0.3 is 20.3 Å². The predicted molar refractivity (Wildman–Crippen MR) is 113 cm³/mol. The number of hydrogen-bond acceptors (Lipinski definition) is 6. The molecule has 7 heteroatoms. The third-order valence-corrected chi connectivity index (χ3v) is 6.10. The van der Waals surface area contributed by atoms with E-state index >= 15 is 0 Å². The minimum absolute atomic E-state index is 0.107. The topological polar surface area (TPSA) is 84.6 Å². The molecule has 0 radical (unpaired) electrons. The molecule has 1 atom stereocenters. The lowest BCUT2D eigenvalue weighted by atomic mass is 10.0. The van der Waals surface area contributed by atoms with Gasteiger partial charge in [-0.15, -0.1) is 0 Å². The second-order valence-electron chi connectivity index (χ2n) is 7.97. The van der Waals surface area contributed by atoms with Gasteiger partial charge in [-0.3, -0.25) is 4.79 Å². The second kappa shape index (κ2) is 7.99. The largest absolute Gasteiger partial charge is 0.496 e. The number of fused-ring (bicyclic) bond motifs is 1. The van der Waals surface area contributed by atoms with Crippen molar-refractivity contribution in [2.45, 2.75) is 39.2 Å². The molecular formula is C22H29N5O2. The number of carbonyl (C=O) groups excluding carboxylic acids is 1. The van der Waals surface area contributed by atoms with Crippen LogP contribution in [0.2, 0.25) is 0 Å². The van der Waals surface area contributed by atoms with Gasteiger partial charge >= 0.3 is 0 Å². The first-order valence-electron chi connectivity index (χ1n) is 10.3. The smallest absolute Gasteiger partial charge is 0.291 e. The summed E-state index contributed by atoms with van der Waals surface area (Å²) in [5, 5.41) is 0. The maximum atomic E-state index is 13.3. The highest BCUT2D eigenvalue weighted by molar-refractivity contribution is 5.91. The number of anilines is 1. The highest BCUT2D eigenvalue weighted by atomic mass is 16.5. The van der Waals surface area contributed by atoms with Crippen molar-refractivity contribution < 1.29 is 9.53 Å². The summed E-state index contributed by atoms with van der Waals surface area (Å²) >= 11 is 0. The molecule has 1 fully saturated rings. The van der Waals surface area contributed by atoms with Crippen LogP contribution in [-0.2, 0) is 12.8 Å². The molecule has 29 heavy (non-hydrogen) atoms. The Balaban J connectivity index is 1.58. The van der Waals surface area contributed by atoms with E-state index in [0.29, 0.717) is 13.1 Å². The highest BCUT2D eigenvalue weighted by Crippen LogP contribution is 2.27. The lowest BCUT2D eigenvalue weighted by molar-refractivity contribution is 0.0750. The molecule has 1 aromatic carbocycles. The number of benzene rings is 1. The molecule has 1 saturated heterocycles. The summed E-state index contributed by atoms with van der Waals surface area (Å²) in [6.45, 7) is 6.87. The zero-order valence-corrected chi connectivity index (χ0v) is 17.4. The molecule has 0 saturated carbocycles. The van der Waals surface area contributed by atoms with Gasteiger partial charge in [0.15, 0.2) is 0 Å². The molecule has 4 rings (SSSR count). The number of amides is 1. The third-order valence-electron chi connectivity index (χ3n) is 6.10.